The molecule has 2 unspecified atom stereocenters. The summed E-state index contributed by atoms with van der Waals surface area (Å²) in [5.74, 6) is -0.828. The van der Waals surface area contributed by atoms with E-state index >= 15 is 0 Å². The molecular formula is C70H132NO8P. The average Bonchev–Trinajstić information content (AvgIpc) is 3.42. The minimum atomic E-state index is -4.64. The second-order valence-electron chi connectivity index (χ2n) is 24.5. The van der Waals surface area contributed by atoms with E-state index in [0.717, 1.165) is 57.8 Å². The summed E-state index contributed by atoms with van der Waals surface area (Å²) in [7, 11) is 1.17. The van der Waals surface area contributed by atoms with Gasteiger partial charge < -0.3 is 27.9 Å². The number of unbranched alkanes of at least 4 members (excludes halogenated alkanes) is 42. The first-order valence-corrected chi connectivity index (χ1v) is 35.8. The maximum Gasteiger partial charge on any atom is 0.306 e. The Kier molecular flexibility index (Phi) is 60.0. The van der Waals surface area contributed by atoms with Crippen LogP contribution in [-0.4, -0.2) is 70.0 Å². The van der Waals surface area contributed by atoms with E-state index < -0.39 is 26.5 Å². The van der Waals surface area contributed by atoms with Crippen molar-refractivity contribution in [3.8, 4) is 0 Å². The third kappa shape index (κ3) is 65.1. The van der Waals surface area contributed by atoms with Crippen LogP contribution in [0.25, 0.3) is 0 Å². The van der Waals surface area contributed by atoms with E-state index in [9.17, 15) is 19.0 Å². The molecule has 2 atom stereocenters. The Morgan fingerprint density at radius 2 is 0.675 bits per heavy atom. The molecular weight excluding hydrogens is 1010 g/mol. The maximum atomic E-state index is 12.8. The lowest BCUT2D eigenvalue weighted by atomic mass is 10.0. The first-order chi connectivity index (χ1) is 39.0. The maximum absolute atomic E-state index is 12.8. The Morgan fingerprint density at radius 3 is 1.01 bits per heavy atom. The normalized spacial score (nSPS) is 13.4. The Balaban J connectivity index is 3.90. The molecule has 0 aromatic heterocycles. The highest BCUT2D eigenvalue weighted by Gasteiger charge is 2.22. The minimum absolute atomic E-state index is 0.0308. The smallest absolute Gasteiger partial charge is 0.306 e. The van der Waals surface area contributed by atoms with Crippen LogP contribution in [0.5, 0.6) is 0 Å². The first kappa shape index (κ1) is 78.0. The number of allylic oxidation sites excluding steroid dienone is 8. The van der Waals surface area contributed by atoms with Gasteiger partial charge in [-0.05, 0) is 77.0 Å². The molecule has 0 saturated carbocycles. The summed E-state index contributed by atoms with van der Waals surface area (Å²) in [6, 6.07) is 0. The van der Waals surface area contributed by atoms with Gasteiger partial charge in [-0.1, -0.05) is 294 Å². The number of phosphoric ester groups is 1. The number of hydrogen-bond donors (Lipinski definition) is 0. The molecule has 0 aliphatic rings. The van der Waals surface area contributed by atoms with Gasteiger partial charge in [0.15, 0.2) is 6.10 Å². The predicted molar refractivity (Wildman–Crippen MR) is 342 cm³/mol. The Bertz CT molecular complexity index is 1490. The fraction of sp³-hybridized carbons (Fsp3) is 0.857. The third-order valence-corrected chi connectivity index (χ3v) is 16.3. The van der Waals surface area contributed by atoms with Crippen LogP contribution in [0, 0.1) is 0 Å². The van der Waals surface area contributed by atoms with Crippen LogP contribution in [0.1, 0.15) is 335 Å². The molecule has 0 amide bonds. The number of carbonyl (C=O) groups is 2. The number of rotatable bonds is 64. The van der Waals surface area contributed by atoms with E-state index in [-0.39, 0.29) is 32.0 Å². The van der Waals surface area contributed by atoms with E-state index in [1.807, 2.05) is 21.1 Å². The first-order valence-electron chi connectivity index (χ1n) is 34.3. The highest BCUT2D eigenvalue weighted by atomic mass is 31.2. The molecule has 0 rings (SSSR count). The summed E-state index contributed by atoms with van der Waals surface area (Å²) < 4.78 is 34.2. The van der Waals surface area contributed by atoms with Gasteiger partial charge in [0.1, 0.15) is 19.8 Å². The van der Waals surface area contributed by atoms with Gasteiger partial charge in [-0.2, -0.15) is 0 Å². The summed E-state index contributed by atoms with van der Waals surface area (Å²) in [5, 5.41) is 0. The lowest BCUT2D eigenvalue weighted by Gasteiger charge is -2.28. The quantitative estimate of drug-likeness (QED) is 0.0195. The molecule has 0 aliphatic heterocycles. The summed E-state index contributed by atoms with van der Waals surface area (Å²) in [6.07, 6.45) is 79.2. The molecule has 0 heterocycles. The van der Waals surface area contributed by atoms with E-state index in [4.69, 9.17) is 18.5 Å². The van der Waals surface area contributed by atoms with Crippen LogP contribution in [0.4, 0.5) is 0 Å². The molecule has 0 fully saturated rings. The van der Waals surface area contributed by atoms with Gasteiger partial charge in [0, 0.05) is 12.8 Å². The second-order valence-corrected chi connectivity index (χ2v) is 25.9. The number of phosphoric acid groups is 1. The molecule has 0 bridgehead atoms. The summed E-state index contributed by atoms with van der Waals surface area (Å²) in [4.78, 5) is 37.9. The summed E-state index contributed by atoms with van der Waals surface area (Å²) in [5.41, 5.74) is 0. The fourth-order valence-corrected chi connectivity index (χ4v) is 10.7. The molecule has 0 saturated heterocycles. The zero-order valence-corrected chi connectivity index (χ0v) is 54.4. The molecule has 9 nitrogen and oxygen atoms in total. The largest absolute Gasteiger partial charge is 0.756 e. The number of esters is 2. The second kappa shape index (κ2) is 61.5. The lowest BCUT2D eigenvalue weighted by Crippen LogP contribution is -2.37. The van der Waals surface area contributed by atoms with Crippen LogP contribution in [0.15, 0.2) is 48.6 Å². The molecule has 0 spiro atoms. The molecule has 0 N–H and O–H groups in total. The van der Waals surface area contributed by atoms with Gasteiger partial charge in [-0.25, -0.2) is 0 Å². The van der Waals surface area contributed by atoms with Crippen molar-refractivity contribution in [2.24, 2.45) is 0 Å². The number of quaternary nitrogens is 1. The van der Waals surface area contributed by atoms with E-state index in [1.54, 1.807) is 0 Å². The Labute approximate surface area is 496 Å². The summed E-state index contributed by atoms with van der Waals surface area (Å²) in [6.45, 7) is 4.24. The van der Waals surface area contributed by atoms with Crippen LogP contribution >= 0.6 is 7.82 Å². The van der Waals surface area contributed by atoms with Crippen molar-refractivity contribution in [1.82, 2.24) is 0 Å². The van der Waals surface area contributed by atoms with Crippen molar-refractivity contribution in [3.63, 3.8) is 0 Å². The standard InChI is InChI=1S/C70H132NO8P/c1-6-8-10-12-14-16-18-20-22-24-25-26-27-28-29-30-31-32-33-34-35-36-37-38-39-40-41-42-43-44-45-47-49-51-53-55-57-59-61-63-70(73)79-68(67-78-80(74,75)77-65-64-71(3,4)5)66-76-69(72)62-60-58-56-54-52-50-48-46-23-21-19-17-15-13-11-9-7-2/h15,17-18,20-21,23-25,68H,6-14,16,19,22,26-67H2,1-5H3/b17-15-,20-18-,23-21-,25-24-. The molecule has 470 valence electrons. The van der Waals surface area contributed by atoms with Crippen LogP contribution in [0.2, 0.25) is 0 Å². The molecule has 0 radical (unpaired) electrons. The van der Waals surface area contributed by atoms with Gasteiger partial charge in [-0.3, -0.25) is 14.2 Å². The average molecular weight is 1150 g/mol. The van der Waals surface area contributed by atoms with Crippen molar-refractivity contribution in [3.05, 3.63) is 48.6 Å². The van der Waals surface area contributed by atoms with Crippen molar-refractivity contribution in [2.45, 2.75) is 341 Å². The third-order valence-electron chi connectivity index (χ3n) is 15.3. The number of ether oxygens (including phenoxy) is 2. The summed E-state index contributed by atoms with van der Waals surface area (Å²) >= 11 is 0. The van der Waals surface area contributed by atoms with Crippen molar-refractivity contribution in [2.75, 3.05) is 47.5 Å². The SMILES string of the molecule is CCCCC/C=C\C/C=C\CCCCCCCCCC(=O)OCC(COP(=O)([O-])OCC[N+](C)(C)C)OC(=O)CCCCCCCCCCCCCCCCCCCCCCCCCCCCC/C=C\C/C=C\CCCCCCC. The van der Waals surface area contributed by atoms with Gasteiger partial charge in [0.2, 0.25) is 0 Å². The van der Waals surface area contributed by atoms with Gasteiger partial charge in [-0.15, -0.1) is 0 Å². The lowest BCUT2D eigenvalue weighted by molar-refractivity contribution is -0.870. The molecule has 80 heavy (non-hydrogen) atoms. The zero-order valence-electron chi connectivity index (χ0n) is 53.5. The number of hydrogen-bond acceptors (Lipinski definition) is 8. The van der Waals surface area contributed by atoms with Crippen LogP contribution < -0.4 is 4.89 Å². The molecule has 10 heteroatoms. The molecule has 0 aromatic rings. The van der Waals surface area contributed by atoms with Gasteiger partial charge in [0.05, 0.1) is 27.7 Å². The Morgan fingerprint density at radius 1 is 0.388 bits per heavy atom. The van der Waals surface area contributed by atoms with Crippen LogP contribution in [-0.2, 0) is 32.7 Å². The van der Waals surface area contributed by atoms with Crippen molar-refractivity contribution >= 4 is 19.8 Å². The highest BCUT2D eigenvalue weighted by molar-refractivity contribution is 7.45. The zero-order chi connectivity index (χ0) is 58.4. The minimum Gasteiger partial charge on any atom is -0.756 e. The predicted octanol–water partition coefficient (Wildman–Crippen LogP) is 21.4. The van der Waals surface area contributed by atoms with Gasteiger partial charge in [0.25, 0.3) is 7.82 Å². The topological polar surface area (TPSA) is 111 Å². The van der Waals surface area contributed by atoms with Crippen LogP contribution in [0.3, 0.4) is 0 Å². The van der Waals surface area contributed by atoms with Crippen molar-refractivity contribution < 1.29 is 42.1 Å². The molecule has 0 aromatic carbocycles. The number of carbonyl (C=O) groups excluding carboxylic acids is 2. The monoisotopic (exact) mass is 1150 g/mol. The van der Waals surface area contributed by atoms with E-state index in [2.05, 4.69) is 62.5 Å². The van der Waals surface area contributed by atoms with Gasteiger partial charge >= 0.3 is 11.9 Å². The number of likely N-dealkylation sites (N-methyl/N-ethyl adjacent to an activating group) is 1. The van der Waals surface area contributed by atoms with E-state index in [1.165, 1.54) is 244 Å². The fourth-order valence-electron chi connectivity index (χ4n) is 10.0. The number of nitrogens with zero attached hydrogens (tertiary/aromatic N) is 1. The Hall–Kier alpha value is -2.03. The van der Waals surface area contributed by atoms with E-state index in [0.29, 0.717) is 17.4 Å². The highest BCUT2D eigenvalue weighted by Crippen LogP contribution is 2.38. The molecule has 0 aliphatic carbocycles. The van der Waals surface area contributed by atoms with Crippen molar-refractivity contribution in [1.29, 1.82) is 0 Å².